The molecule has 0 aromatic heterocycles. The second kappa shape index (κ2) is 4.09. The highest BCUT2D eigenvalue weighted by Crippen LogP contribution is 2.46. The van der Waals surface area contributed by atoms with Crippen LogP contribution in [0.5, 0.6) is 11.5 Å². The lowest BCUT2D eigenvalue weighted by atomic mass is 9.81. The number of hydrogen-bond donors (Lipinski definition) is 2. The van der Waals surface area contributed by atoms with Gasteiger partial charge in [-0.05, 0) is 16.9 Å². The van der Waals surface area contributed by atoms with Crippen LogP contribution in [0, 0.1) is 0 Å². The summed E-state index contributed by atoms with van der Waals surface area (Å²) in [6.07, 6.45) is 0. The van der Waals surface area contributed by atoms with Crippen molar-refractivity contribution in [1.29, 1.82) is 0 Å². The molecule has 17 heavy (non-hydrogen) atoms. The Labute approximate surface area is 108 Å². The molecule has 2 nitrogen and oxygen atoms in total. The van der Waals surface area contributed by atoms with Crippen LogP contribution in [0.1, 0.15) is 52.7 Å². The molecule has 0 aliphatic heterocycles. The molecule has 0 bridgehead atoms. The van der Waals surface area contributed by atoms with E-state index in [-0.39, 0.29) is 27.4 Å². The first-order valence-electron chi connectivity index (χ1n) is 5.71. The molecule has 0 heterocycles. The Bertz CT molecular complexity index is 437. The van der Waals surface area contributed by atoms with Gasteiger partial charge in [0.2, 0.25) is 0 Å². The summed E-state index contributed by atoms with van der Waals surface area (Å²) in [6.45, 7) is 11.7. The third-order valence-corrected chi connectivity index (χ3v) is 3.15. The first-order valence-corrected chi connectivity index (χ1v) is 6.09. The summed E-state index contributed by atoms with van der Waals surface area (Å²) in [5, 5.41) is 20.5. The Hall–Kier alpha value is -0.890. The van der Waals surface area contributed by atoms with Gasteiger partial charge in [0.25, 0.3) is 0 Å². The second-order valence-electron chi connectivity index (χ2n) is 6.48. The second-order valence-corrected chi connectivity index (χ2v) is 6.86. The first kappa shape index (κ1) is 14.2. The topological polar surface area (TPSA) is 40.5 Å². The molecule has 0 saturated heterocycles. The van der Waals surface area contributed by atoms with E-state index in [4.69, 9.17) is 11.6 Å². The van der Waals surface area contributed by atoms with Gasteiger partial charge in [0.05, 0.1) is 5.02 Å². The minimum absolute atomic E-state index is 0.0712. The van der Waals surface area contributed by atoms with Crippen molar-refractivity contribution in [3.05, 3.63) is 22.2 Å². The molecule has 0 aliphatic carbocycles. The van der Waals surface area contributed by atoms with Crippen LogP contribution in [0.2, 0.25) is 5.02 Å². The molecule has 1 aromatic carbocycles. The van der Waals surface area contributed by atoms with E-state index in [1.165, 1.54) is 0 Å². The number of benzene rings is 1. The van der Waals surface area contributed by atoms with E-state index in [0.29, 0.717) is 11.1 Å². The summed E-state index contributed by atoms with van der Waals surface area (Å²) < 4.78 is 0. The zero-order valence-electron chi connectivity index (χ0n) is 11.3. The third-order valence-electron chi connectivity index (χ3n) is 2.78. The fraction of sp³-hybridized carbons (Fsp3) is 0.571. The largest absolute Gasteiger partial charge is 0.508 e. The molecule has 1 aromatic rings. The SMILES string of the molecule is CC(C)(C)c1cc(O)c(C(C)(C)C)c(Cl)c1O. The summed E-state index contributed by atoms with van der Waals surface area (Å²) >= 11 is 6.18. The van der Waals surface area contributed by atoms with Gasteiger partial charge in [-0.3, -0.25) is 0 Å². The van der Waals surface area contributed by atoms with Crippen LogP contribution in [0.25, 0.3) is 0 Å². The number of hydrogen-bond acceptors (Lipinski definition) is 2. The van der Waals surface area contributed by atoms with E-state index >= 15 is 0 Å². The maximum absolute atomic E-state index is 10.2. The van der Waals surface area contributed by atoms with Gasteiger partial charge in [-0.1, -0.05) is 53.1 Å². The van der Waals surface area contributed by atoms with E-state index in [1.54, 1.807) is 6.07 Å². The van der Waals surface area contributed by atoms with Crippen molar-refractivity contribution < 1.29 is 10.2 Å². The van der Waals surface area contributed by atoms with Crippen molar-refractivity contribution in [2.24, 2.45) is 0 Å². The Morgan fingerprint density at radius 2 is 1.41 bits per heavy atom. The molecule has 0 fully saturated rings. The lowest BCUT2D eigenvalue weighted by Gasteiger charge is -2.27. The summed E-state index contributed by atoms with van der Waals surface area (Å²) in [5.41, 5.74) is 0.675. The van der Waals surface area contributed by atoms with Crippen molar-refractivity contribution in [1.82, 2.24) is 0 Å². The van der Waals surface area contributed by atoms with E-state index in [1.807, 2.05) is 41.5 Å². The normalized spacial score (nSPS) is 12.9. The molecule has 0 unspecified atom stereocenters. The van der Waals surface area contributed by atoms with Crippen LogP contribution < -0.4 is 0 Å². The zero-order chi connectivity index (χ0) is 13.6. The van der Waals surface area contributed by atoms with Gasteiger partial charge in [0, 0.05) is 11.1 Å². The van der Waals surface area contributed by atoms with Crippen LogP contribution in [-0.2, 0) is 10.8 Å². The average Bonchev–Trinajstić information content (AvgIpc) is 2.07. The highest BCUT2D eigenvalue weighted by atomic mass is 35.5. The number of halogens is 1. The van der Waals surface area contributed by atoms with Crippen molar-refractivity contribution >= 4 is 11.6 Å². The van der Waals surface area contributed by atoms with Crippen LogP contribution in [0.4, 0.5) is 0 Å². The van der Waals surface area contributed by atoms with Gasteiger partial charge < -0.3 is 10.2 Å². The van der Waals surface area contributed by atoms with Gasteiger partial charge >= 0.3 is 0 Å². The number of phenols is 2. The van der Waals surface area contributed by atoms with Crippen molar-refractivity contribution in [3.63, 3.8) is 0 Å². The van der Waals surface area contributed by atoms with Crippen molar-refractivity contribution in [2.75, 3.05) is 0 Å². The average molecular weight is 257 g/mol. The minimum atomic E-state index is -0.310. The lowest BCUT2D eigenvalue weighted by molar-refractivity contribution is 0.419. The maximum atomic E-state index is 10.2. The quantitative estimate of drug-likeness (QED) is 0.678. The molecule has 96 valence electrons. The van der Waals surface area contributed by atoms with Gasteiger partial charge in [-0.2, -0.15) is 0 Å². The molecule has 0 radical (unpaired) electrons. The Balaban J connectivity index is 3.60. The summed E-state index contributed by atoms with van der Waals surface area (Å²) in [4.78, 5) is 0. The van der Waals surface area contributed by atoms with Gasteiger partial charge in [-0.15, -0.1) is 0 Å². The molecular weight excluding hydrogens is 236 g/mol. The monoisotopic (exact) mass is 256 g/mol. The third kappa shape index (κ3) is 2.68. The number of aromatic hydroxyl groups is 2. The number of rotatable bonds is 0. The molecule has 0 amide bonds. The van der Waals surface area contributed by atoms with E-state index in [9.17, 15) is 10.2 Å². The van der Waals surface area contributed by atoms with Crippen molar-refractivity contribution in [2.45, 2.75) is 52.4 Å². The Kier molecular flexibility index (Phi) is 3.41. The lowest BCUT2D eigenvalue weighted by Crippen LogP contribution is -2.16. The minimum Gasteiger partial charge on any atom is -0.508 e. The van der Waals surface area contributed by atoms with Gasteiger partial charge in [0.1, 0.15) is 11.5 Å². The fourth-order valence-corrected chi connectivity index (χ4v) is 2.39. The summed E-state index contributed by atoms with van der Waals surface area (Å²) in [6, 6.07) is 1.61. The molecule has 0 atom stereocenters. The zero-order valence-corrected chi connectivity index (χ0v) is 12.1. The highest BCUT2D eigenvalue weighted by molar-refractivity contribution is 6.33. The van der Waals surface area contributed by atoms with E-state index in [0.717, 1.165) is 0 Å². The molecule has 3 heteroatoms. The van der Waals surface area contributed by atoms with E-state index < -0.39 is 0 Å². The van der Waals surface area contributed by atoms with Crippen LogP contribution in [0.3, 0.4) is 0 Å². The maximum Gasteiger partial charge on any atom is 0.138 e. The molecular formula is C14H21ClO2. The molecule has 1 rings (SSSR count). The molecule has 0 spiro atoms. The number of phenolic OH excluding ortho intramolecular Hbond substituents is 2. The van der Waals surface area contributed by atoms with Gasteiger partial charge in [0.15, 0.2) is 0 Å². The van der Waals surface area contributed by atoms with Gasteiger partial charge in [-0.25, -0.2) is 0 Å². The smallest absolute Gasteiger partial charge is 0.138 e. The Morgan fingerprint density at radius 1 is 0.941 bits per heavy atom. The fourth-order valence-electron chi connectivity index (χ4n) is 1.91. The van der Waals surface area contributed by atoms with Crippen LogP contribution in [0.15, 0.2) is 6.07 Å². The molecule has 2 N–H and O–H groups in total. The summed E-state index contributed by atoms with van der Waals surface area (Å²) in [7, 11) is 0. The van der Waals surface area contributed by atoms with Crippen LogP contribution in [-0.4, -0.2) is 10.2 Å². The standard InChI is InChI=1S/C14H21ClO2/c1-13(2,3)8-7-9(16)10(14(4,5)6)11(15)12(8)17/h7,16-17H,1-6H3. The predicted octanol–water partition coefficient (Wildman–Crippen LogP) is 4.35. The van der Waals surface area contributed by atoms with Crippen molar-refractivity contribution in [3.8, 4) is 11.5 Å². The van der Waals surface area contributed by atoms with E-state index in [2.05, 4.69) is 0 Å². The predicted molar refractivity (Wildman–Crippen MR) is 72.2 cm³/mol. The van der Waals surface area contributed by atoms with Crippen LogP contribution >= 0.6 is 11.6 Å². The molecule has 0 saturated carbocycles. The highest BCUT2D eigenvalue weighted by Gasteiger charge is 2.29. The first-order chi connectivity index (χ1) is 7.46. The molecule has 0 aliphatic rings. The Morgan fingerprint density at radius 3 is 1.76 bits per heavy atom. The summed E-state index contributed by atoms with van der Waals surface area (Å²) in [5.74, 6) is 0.215.